The SMILES string of the molecule is CC(=O)C=C(C)O[Si](CCCc1cc(O)ccc1-c1ccc(C#N)cc1)(OC(C)=CC(C)=O)OC(C)=CC(C)=O. The van der Waals surface area contributed by atoms with Gasteiger partial charge < -0.3 is 18.4 Å². The van der Waals surface area contributed by atoms with E-state index in [-0.39, 0.29) is 46.4 Å². The Hall–Kier alpha value is -4.42. The van der Waals surface area contributed by atoms with Crippen LogP contribution in [0.2, 0.25) is 6.04 Å². The summed E-state index contributed by atoms with van der Waals surface area (Å²) in [5.74, 6) is 0.279. The third-order valence-corrected chi connectivity index (χ3v) is 8.38. The highest BCUT2D eigenvalue weighted by atomic mass is 28.4. The third-order valence-electron chi connectivity index (χ3n) is 5.51. The summed E-state index contributed by atoms with van der Waals surface area (Å²) in [7, 11) is -3.72. The van der Waals surface area contributed by atoms with Crippen LogP contribution in [-0.2, 0) is 34.1 Å². The molecular weight excluding hydrogens is 526 g/mol. The van der Waals surface area contributed by atoms with E-state index in [2.05, 4.69) is 6.07 Å². The molecule has 2 aromatic rings. The number of phenolic OH excluding ortho intramolecular Hbond substituents is 1. The number of carbonyl (C=O) groups is 3. The molecule has 0 unspecified atom stereocenters. The van der Waals surface area contributed by atoms with Crippen molar-refractivity contribution in [2.45, 2.75) is 60.4 Å². The zero-order valence-corrected chi connectivity index (χ0v) is 24.7. The van der Waals surface area contributed by atoms with E-state index in [4.69, 9.17) is 18.5 Å². The summed E-state index contributed by atoms with van der Waals surface area (Å²) in [4.78, 5) is 35.2. The topological polar surface area (TPSA) is 123 Å². The summed E-state index contributed by atoms with van der Waals surface area (Å²) in [5.41, 5.74) is 3.19. The number of aryl methyl sites for hydroxylation is 1. The number of benzene rings is 2. The molecule has 0 aliphatic carbocycles. The number of nitriles is 1. The van der Waals surface area contributed by atoms with Gasteiger partial charge in [0.1, 0.15) is 5.75 Å². The Morgan fingerprint density at radius 1 is 0.800 bits per heavy atom. The normalized spacial score (nSPS) is 13.6. The van der Waals surface area contributed by atoms with Gasteiger partial charge in [-0.15, -0.1) is 0 Å². The molecule has 0 heterocycles. The Bertz CT molecular complexity index is 1300. The van der Waals surface area contributed by atoms with Crippen LogP contribution in [0.4, 0.5) is 0 Å². The van der Waals surface area contributed by atoms with Crippen LogP contribution in [0.5, 0.6) is 5.75 Å². The van der Waals surface area contributed by atoms with Crippen LogP contribution >= 0.6 is 0 Å². The molecule has 0 amide bonds. The quantitative estimate of drug-likeness (QED) is 0.161. The first-order valence-corrected chi connectivity index (χ1v) is 14.7. The van der Waals surface area contributed by atoms with Gasteiger partial charge in [0.25, 0.3) is 0 Å². The van der Waals surface area contributed by atoms with Gasteiger partial charge in [-0.05, 0) is 95.3 Å². The van der Waals surface area contributed by atoms with Crippen LogP contribution in [0.1, 0.15) is 59.1 Å². The fourth-order valence-corrected chi connectivity index (χ4v) is 6.88. The van der Waals surface area contributed by atoms with Crippen molar-refractivity contribution >= 4 is 26.2 Å². The van der Waals surface area contributed by atoms with Crippen molar-refractivity contribution in [1.82, 2.24) is 0 Å². The average Bonchev–Trinajstić information content (AvgIpc) is 2.82. The predicted octanol–water partition coefficient (Wildman–Crippen LogP) is 6.33. The van der Waals surface area contributed by atoms with Gasteiger partial charge in [0.15, 0.2) is 17.3 Å². The molecular formula is C31H35NO7Si. The Morgan fingerprint density at radius 3 is 1.70 bits per heavy atom. The highest BCUT2D eigenvalue weighted by molar-refractivity contribution is 6.61. The van der Waals surface area contributed by atoms with Gasteiger partial charge >= 0.3 is 8.80 Å². The lowest BCUT2D eigenvalue weighted by molar-refractivity contribution is -0.113. The first kappa shape index (κ1) is 31.8. The van der Waals surface area contributed by atoms with E-state index < -0.39 is 8.80 Å². The number of hydrogen-bond donors (Lipinski definition) is 1. The second-order valence-electron chi connectivity index (χ2n) is 9.47. The van der Waals surface area contributed by atoms with Gasteiger partial charge in [-0.1, -0.05) is 18.2 Å². The molecule has 0 saturated heterocycles. The number of rotatable bonds is 14. The molecule has 9 heteroatoms. The van der Waals surface area contributed by atoms with Gasteiger partial charge in [-0.2, -0.15) is 5.26 Å². The highest BCUT2D eigenvalue weighted by Crippen LogP contribution is 2.32. The minimum atomic E-state index is -3.72. The molecule has 210 valence electrons. The van der Waals surface area contributed by atoms with E-state index in [1.165, 1.54) is 39.0 Å². The highest BCUT2D eigenvalue weighted by Gasteiger charge is 2.49. The van der Waals surface area contributed by atoms with Crippen LogP contribution in [-0.4, -0.2) is 31.3 Å². The largest absolute Gasteiger partial charge is 0.698 e. The van der Waals surface area contributed by atoms with Crippen LogP contribution in [0.25, 0.3) is 11.1 Å². The average molecular weight is 562 g/mol. The summed E-state index contributed by atoms with van der Waals surface area (Å²) >= 11 is 0. The summed E-state index contributed by atoms with van der Waals surface area (Å²) < 4.78 is 18.6. The van der Waals surface area contributed by atoms with Gasteiger partial charge in [0.05, 0.1) is 35.0 Å². The number of hydrogen-bond acceptors (Lipinski definition) is 8. The fourth-order valence-electron chi connectivity index (χ4n) is 4.19. The van der Waals surface area contributed by atoms with Crippen molar-refractivity contribution in [1.29, 1.82) is 5.26 Å². The van der Waals surface area contributed by atoms with E-state index >= 15 is 0 Å². The molecule has 0 atom stereocenters. The number of aromatic hydroxyl groups is 1. The van der Waals surface area contributed by atoms with Crippen molar-refractivity contribution in [2.75, 3.05) is 0 Å². The van der Waals surface area contributed by atoms with Gasteiger partial charge in [-0.3, -0.25) is 14.4 Å². The minimum absolute atomic E-state index is 0.111. The molecule has 0 aromatic heterocycles. The molecule has 8 nitrogen and oxygen atoms in total. The number of ketones is 3. The summed E-state index contributed by atoms with van der Waals surface area (Å²) in [6, 6.07) is 14.6. The maximum Gasteiger partial charge on any atom is 0.698 e. The maximum absolute atomic E-state index is 11.7. The molecule has 0 saturated carbocycles. The molecule has 0 fully saturated rings. The molecule has 0 radical (unpaired) electrons. The maximum atomic E-state index is 11.7. The first-order valence-electron chi connectivity index (χ1n) is 12.8. The lowest BCUT2D eigenvalue weighted by Gasteiger charge is -2.31. The number of nitrogens with zero attached hydrogens (tertiary/aromatic N) is 1. The lowest BCUT2D eigenvalue weighted by atomic mass is 9.96. The molecule has 0 aliphatic rings. The van der Waals surface area contributed by atoms with Gasteiger partial charge in [-0.25, -0.2) is 0 Å². The van der Waals surface area contributed by atoms with E-state index in [9.17, 15) is 19.5 Å². The van der Waals surface area contributed by atoms with E-state index in [1.807, 2.05) is 18.2 Å². The Kier molecular flexibility index (Phi) is 11.6. The second kappa shape index (κ2) is 14.7. The number of phenols is 1. The van der Waals surface area contributed by atoms with Crippen molar-refractivity contribution in [3.63, 3.8) is 0 Å². The molecule has 2 aromatic carbocycles. The second-order valence-corrected chi connectivity index (χ2v) is 11.9. The smallest absolute Gasteiger partial charge is 0.508 e. The molecule has 40 heavy (non-hydrogen) atoms. The number of allylic oxidation sites excluding steroid dienone is 6. The van der Waals surface area contributed by atoms with Crippen LogP contribution in [0, 0.1) is 11.3 Å². The Labute approximate surface area is 236 Å². The van der Waals surface area contributed by atoms with Crippen molar-refractivity contribution in [3.8, 4) is 22.9 Å². The molecule has 0 spiro atoms. The molecule has 2 rings (SSSR count). The predicted molar refractivity (Wildman–Crippen MR) is 154 cm³/mol. The lowest BCUT2D eigenvalue weighted by Crippen LogP contribution is -2.44. The Balaban J connectivity index is 2.48. The van der Waals surface area contributed by atoms with E-state index in [0.29, 0.717) is 18.4 Å². The van der Waals surface area contributed by atoms with Crippen LogP contribution in [0.15, 0.2) is 78.0 Å². The summed E-state index contributed by atoms with van der Waals surface area (Å²) in [6.45, 7) is 9.02. The van der Waals surface area contributed by atoms with Crippen LogP contribution in [0.3, 0.4) is 0 Å². The van der Waals surface area contributed by atoms with Gasteiger partial charge in [0, 0.05) is 18.2 Å². The molecule has 0 bridgehead atoms. The van der Waals surface area contributed by atoms with Crippen molar-refractivity contribution < 1.29 is 32.8 Å². The third kappa shape index (κ3) is 10.4. The van der Waals surface area contributed by atoms with E-state index in [1.54, 1.807) is 45.0 Å². The molecule has 1 N–H and O–H groups in total. The standard InChI is InChI=1S/C31H35NO7Si/c1-21(33)16-24(4)37-40(38-25(5)17-22(2)34,39-26(6)18-23(3)35)15-7-8-29-19-30(36)13-14-31(29)28-11-9-27(20-32)10-12-28/h9-14,16-19,36H,7-8,15H2,1-6H3. The van der Waals surface area contributed by atoms with Crippen LogP contribution < -0.4 is 0 Å². The Morgan fingerprint density at radius 2 is 1.27 bits per heavy atom. The zero-order valence-electron chi connectivity index (χ0n) is 23.7. The monoisotopic (exact) mass is 561 g/mol. The molecule has 0 aliphatic heterocycles. The minimum Gasteiger partial charge on any atom is -0.508 e. The van der Waals surface area contributed by atoms with Gasteiger partial charge in [0.2, 0.25) is 0 Å². The van der Waals surface area contributed by atoms with E-state index in [0.717, 1.165) is 16.7 Å². The summed E-state index contributed by atoms with van der Waals surface area (Å²) in [5, 5.41) is 19.3. The fraction of sp³-hybridized carbons (Fsp3) is 0.290. The van der Waals surface area contributed by atoms with Crippen molar-refractivity contribution in [2.24, 2.45) is 0 Å². The zero-order chi connectivity index (χ0) is 29.9. The number of carbonyl (C=O) groups excluding carboxylic acids is 3. The first-order chi connectivity index (χ1) is 18.8. The van der Waals surface area contributed by atoms with Crippen molar-refractivity contribution in [3.05, 3.63) is 89.1 Å². The summed E-state index contributed by atoms with van der Waals surface area (Å²) in [6.07, 6.45) is 4.93.